The summed E-state index contributed by atoms with van der Waals surface area (Å²) in [6.07, 6.45) is 1.78. The van der Waals surface area contributed by atoms with E-state index in [0.717, 1.165) is 0 Å². The number of likely N-dealkylation sites (tertiary alicyclic amines) is 1. The molecule has 0 aliphatic carbocycles. The van der Waals surface area contributed by atoms with Crippen LogP contribution in [0.2, 0.25) is 0 Å². The predicted octanol–water partition coefficient (Wildman–Crippen LogP) is -2.82. The number of aliphatic hydroxyl groups excluding tert-OH is 1. The van der Waals surface area contributed by atoms with E-state index in [1.165, 1.54) is 11.8 Å². The van der Waals surface area contributed by atoms with Crippen LogP contribution in [0.1, 0.15) is 114 Å². The second-order valence-corrected chi connectivity index (χ2v) is 20.6. The Bertz CT molecular complexity index is 1950. The van der Waals surface area contributed by atoms with Crippen molar-refractivity contribution in [2.45, 2.75) is 174 Å². The number of rotatable bonds is 34. The Morgan fingerprint density at radius 1 is 0.613 bits per heavy atom. The lowest BCUT2D eigenvalue weighted by Gasteiger charge is -2.32. The molecule has 0 aromatic heterocycles. The molecule has 15 N–H and O–H groups in total. The third-order valence-corrected chi connectivity index (χ3v) is 13.6. The fourth-order valence-corrected chi connectivity index (χ4v) is 8.37. The van der Waals surface area contributed by atoms with Crippen molar-refractivity contribution in [2.24, 2.45) is 35.1 Å². The molecule has 0 saturated carbocycles. The quantitative estimate of drug-likeness (QED) is 0.0228. The lowest BCUT2D eigenvalue weighted by atomic mass is 9.96. The van der Waals surface area contributed by atoms with Gasteiger partial charge in [0.25, 0.3) is 0 Å². The number of amides is 10. The number of hydrogen-bond donors (Lipinski definition) is 15. The van der Waals surface area contributed by atoms with Crippen molar-refractivity contribution in [2.75, 3.05) is 37.7 Å². The zero-order valence-corrected chi connectivity index (χ0v) is 46.7. The molecule has 0 unspecified atom stereocenters. The molecule has 1 aliphatic heterocycles. The van der Waals surface area contributed by atoms with Crippen LogP contribution < -0.4 is 59.3 Å². The predicted molar refractivity (Wildman–Crippen MR) is 285 cm³/mol. The van der Waals surface area contributed by atoms with Gasteiger partial charge in [-0.05, 0) is 69.2 Å². The van der Waals surface area contributed by atoms with Crippen molar-refractivity contribution in [1.82, 2.24) is 52.8 Å². The Hall–Kier alpha value is -5.25. The number of thiol groups is 2. The minimum absolute atomic E-state index is 0.0793. The molecule has 0 spiro atoms. The second-order valence-electron chi connectivity index (χ2n) is 19.9. The van der Waals surface area contributed by atoms with Crippen molar-refractivity contribution in [3.05, 3.63) is 0 Å². The van der Waals surface area contributed by atoms with Gasteiger partial charge in [0.05, 0.1) is 25.2 Å². The maximum Gasteiger partial charge on any atom is 0.327 e. The molecular weight excluding hydrogens is 1020 g/mol. The lowest BCUT2D eigenvalue weighted by molar-refractivity contribution is -0.143. The molecule has 0 radical (unpaired) electrons. The number of carbonyl (C=O) groups excluding carboxylic acids is 10. The molecule has 1 rings (SSSR count). The SMILES string of the molecule is CC[C@H](C)[C@H](NC(=O)CNC(=O)[C@H](CC(C)C)NC(=O)[C@@H](NC(=O)CNC(=O)[C@@H](N)CCCCN)[C@@H](C)O)C(=O)N[C@H](C(=O)N[C@@H](CS)C(=O)N1CCC[C@H]1C(=O)N[C@H](C(=O)N[C@@H](CS)C(=O)O)[C@@H](C)CC)C(C)C. The summed E-state index contributed by atoms with van der Waals surface area (Å²) in [4.78, 5) is 147. The van der Waals surface area contributed by atoms with Crippen LogP contribution in [-0.4, -0.2) is 178 Å². The summed E-state index contributed by atoms with van der Waals surface area (Å²) in [5, 5.41) is 42.6. The number of nitrogens with zero attached hydrogens (tertiary/aromatic N) is 1. The molecule has 0 aromatic carbocycles. The average Bonchev–Trinajstić information content (AvgIpc) is 3.86. The molecular formula is C48H86N12O13S2. The number of unbranched alkanes of at least 4 members (excludes halogenated alkanes) is 1. The molecule has 1 fully saturated rings. The summed E-state index contributed by atoms with van der Waals surface area (Å²) in [5.41, 5.74) is 11.3. The first kappa shape index (κ1) is 67.8. The normalized spacial score (nSPS) is 17.8. The van der Waals surface area contributed by atoms with Gasteiger partial charge in [-0.25, -0.2) is 4.79 Å². The fourth-order valence-electron chi connectivity index (χ4n) is 7.88. The summed E-state index contributed by atoms with van der Waals surface area (Å²) in [5.74, 6) is -10.7. The number of nitrogens with one attached hydrogen (secondary N) is 9. The van der Waals surface area contributed by atoms with Crippen molar-refractivity contribution in [1.29, 1.82) is 0 Å². The largest absolute Gasteiger partial charge is 0.480 e. The summed E-state index contributed by atoms with van der Waals surface area (Å²) in [7, 11) is 0. The molecule has 1 heterocycles. The summed E-state index contributed by atoms with van der Waals surface area (Å²) >= 11 is 8.31. The van der Waals surface area contributed by atoms with E-state index in [4.69, 9.17) is 11.5 Å². The van der Waals surface area contributed by atoms with Gasteiger partial charge in [0.2, 0.25) is 59.1 Å². The van der Waals surface area contributed by atoms with Gasteiger partial charge in [-0.3, -0.25) is 47.9 Å². The van der Waals surface area contributed by atoms with Crippen LogP contribution >= 0.6 is 25.3 Å². The Balaban J connectivity index is 3.10. The minimum atomic E-state index is -1.54. The smallest absolute Gasteiger partial charge is 0.327 e. The topological polar surface area (TPSA) is 392 Å². The van der Waals surface area contributed by atoms with Crippen molar-refractivity contribution in [3.8, 4) is 0 Å². The van der Waals surface area contributed by atoms with Crippen LogP contribution in [0.25, 0.3) is 0 Å². The zero-order valence-electron chi connectivity index (χ0n) is 44.9. The van der Waals surface area contributed by atoms with Gasteiger partial charge in [0.15, 0.2) is 0 Å². The van der Waals surface area contributed by atoms with Gasteiger partial charge in [-0.1, -0.05) is 74.7 Å². The van der Waals surface area contributed by atoms with Crippen LogP contribution in [0.4, 0.5) is 0 Å². The van der Waals surface area contributed by atoms with Gasteiger partial charge in [0.1, 0.15) is 48.3 Å². The monoisotopic (exact) mass is 1100 g/mol. The first-order valence-corrected chi connectivity index (χ1v) is 27.0. The van der Waals surface area contributed by atoms with Gasteiger partial charge in [-0.2, -0.15) is 25.3 Å². The Kier molecular flexibility index (Phi) is 31.1. The summed E-state index contributed by atoms with van der Waals surface area (Å²) < 4.78 is 0. The molecule has 10 amide bonds. The molecule has 1 aliphatic rings. The third-order valence-electron chi connectivity index (χ3n) is 12.9. The number of aliphatic hydroxyl groups is 1. The number of hydrogen-bond acceptors (Lipinski definition) is 16. The van der Waals surface area contributed by atoms with Gasteiger partial charge < -0.3 is 74.4 Å². The number of carboxylic acids is 1. The zero-order chi connectivity index (χ0) is 57.3. The molecule has 75 heavy (non-hydrogen) atoms. The number of aliphatic carboxylic acids is 1. The van der Waals surface area contributed by atoms with Gasteiger partial charge in [-0.15, -0.1) is 0 Å². The summed E-state index contributed by atoms with van der Waals surface area (Å²) in [6, 6.07) is -10.8. The Morgan fingerprint density at radius 3 is 1.59 bits per heavy atom. The van der Waals surface area contributed by atoms with E-state index in [0.29, 0.717) is 45.1 Å². The number of nitrogens with two attached hydrogens (primary N) is 2. The molecule has 0 bridgehead atoms. The van der Waals surface area contributed by atoms with Crippen LogP contribution in [0.5, 0.6) is 0 Å². The lowest BCUT2D eigenvalue weighted by Crippen LogP contribution is -2.61. The molecule has 1 saturated heterocycles. The molecule has 428 valence electrons. The van der Waals surface area contributed by atoms with E-state index < -0.39 is 156 Å². The molecule has 12 atom stereocenters. The maximum absolute atomic E-state index is 14.0. The van der Waals surface area contributed by atoms with Gasteiger partial charge in [0, 0.05) is 18.1 Å². The highest BCUT2D eigenvalue weighted by atomic mass is 32.1. The van der Waals surface area contributed by atoms with Crippen molar-refractivity contribution >= 4 is 90.3 Å². The second kappa shape index (κ2) is 34.4. The minimum Gasteiger partial charge on any atom is -0.480 e. The Morgan fingerprint density at radius 2 is 1.09 bits per heavy atom. The first-order valence-electron chi connectivity index (χ1n) is 25.7. The average molecular weight is 1100 g/mol. The van der Waals surface area contributed by atoms with Gasteiger partial charge >= 0.3 is 5.97 Å². The van der Waals surface area contributed by atoms with E-state index in [9.17, 15) is 63.0 Å². The maximum atomic E-state index is 14.0. The van der Waals surface area contributed by atoms with Crippen LogP contribution in [0.15, 0.2) is 0 Å². The highest BCUT2D eigenvalue weighted by molar-refractivity contribution is 7.80. The van der Waals surface area contributed by atoms with Crippen LogP contribution in [0, 0.1) is 23.7 Å². The van der Waals surface area contributed by atoms with Crippen molar-refractivity contribution in [3.63, 3.8) is 0 Å². The van der Waals surface area contributed by atoms with E-state index >= 15 is 0 Å². The molecule has 25 nitrogen and oxygen atoms in total. The molecule has 0 aromatic rings. The van der Waals surface area contributed by atoms with E-state index in [1.807, 2.05) is 0 Å². The van der Waals surface area contributed by atoms with Crippen LogP contribution in [0.3, 0.4) is 0 Å². The number of carboxylic acid groups (broad SMARTS) is 1. The van der Waals surface area contributed by atoms with E-state index in [1.54, 1.807) is 55.4 Å². The highest BCUT2D eigenvalue weighted by Crippen LogP contribution is 2.21. The molecule has 27 heteroatoms. The van der Waals surface area contributed by atoms with E-state index in [2.05, 4.69) is 73.1 Å². The van der Waals surface area contributed by atoms with E-state index in [-0.39, 0.29) is 36.8 Å². The number of carbonyl (C=O) groups is 11. The standard InChI is InChI=1S/C48H86N12O13S2/c1-10-26(7)37(56-34(62)21-52-41(65)30(19-24(3)4)53-46(70)39(28(9)61)57-35(63)20-51-40(64)29(50)15-12-13-17-49)45(69)58-36(25(5)6)43(67)54-31(22-74)47(71)60-18-14-16-33(60)42(66)59-38(27(8)11-2)44(68)55-32(23-75)48(72)73/h24-33,36-39,61,74-75H,10-23,49-50H2,1-9H3,(H,51,64)(H,52,65)(H,53,70)(H,54,67)(H,55,68)(H,56,62)(H,57,63)(H,58,69)(H,59,66)(H,72,73)/t26-,27-,28+,29-,30-,31-,32-,33-,36-,37-,38-,39-/m0/s1. The highest BCUT2D eigenvalue weighted by Gasteiger charge is 2.41. The van der Waals surface area contributed by atoms with Crippen LogP contribution in [-0.2, 0) is 52.7 Å². The van der Waals surface area contributed by atoms with Crippen molar-refractivity contribution < 1.29 is 63.0 Å². The Labute approximate surface area is 451 Å². The first-order chi connectivity index (χ1) is 35.2. The third kappa shape index (κ3) is 22.9. The summed E-state index contributed by atoms with van der Waals surface area (Å²) in [6.45, 7) is 14.5. The fraction of sp³-hybridized carbons (Fsp3) is 0.771.